The number of benzene rings is 3. The standard InChI is InChI=1S/C28H30FN3O3/c29-21-17-20(18-22(19-21)31-12-4-1-5-13-31)28(34)30-25-10-11-26(24-8-3-2-7-23(24)25)35-16-15-32-14-6-9-27(32)33/h2-3,7-8,10-11,17-19H,1,4-6,9,12-16H2,(H,30,34). The molecule has 2 aliphatic rings. The topological polar surface area (TPSA) is 61.9 Å². The second-order valence-electron chi connectivity index (χ2n) is 9.19. The van der Waals surface area contributed by atoms with Gasteiger partial charge >= 0.3 is 0 Å². The molecule has 5 rings (SSSR count). The third-order valence-corrected chi connectivity index (χ3v) is 6.79. The molecule has 2 aliphatic heterocycles. The van der Waals surface area contributed by atoms with Gasteiger partial charge in [0, 0.05) is 53.8 Å². The van der Waals surface area contributed by atoms with Crippen LogP contribution in [0.5, 0.6) is 5.75 Å². The first-order chi connectivity index (χ1) is 17.1. The second-order valence-corrected chi connectivity index (χ2v) is 9.19. The Balaban J connectivity index is 1.33. The number of ether oxygens (including phenoxy) is 1. The summed E-state index contributed by atoms with van der Waals surface area (Å²) >= 11 is 0. The van der Waals surface area contributed by atoms with Crippen molar-refractivity contribution >= 4 is 34.0 Å². The predicted molar refractivity (Wildman–Crippen MR) is 136 cm³/mol. The van der Waals surface area contributed by atoms with Crippen LogP contribution in [0, 0.1) is 5.82 Å². The van der Waals surface area contributed by atoms with E-state index in [0.29, 0.717) is 36.6 Å². The fraction of sp³-hybridized carbons (Fsp3) is 0.357. The van der Waals surface area contributed by atoms with Crippen LogP contribution in [0.3, 0.4) is 0 Å². The maximum atomic E-state index is 14.4. The van der Waals surface area contributed by atoms with Gasteiger partial charge in [-0.05, 0) is 56.0 Å². The Morgan fingerprint density at radius 1 is 0.943 bits per heavy atom. The summed E-state index contributed by atoms with van der Waals surface area (Å²) < 4.78 is 20.4. The van der Waals surface area contributed by atoms with Crippen LogP contribution >= 0.6 is 0 Å². The number of nitrogens with zero attached hydrogens (tertiary/aromatic N) is 2. The number of nitrogens with one attached hydrogen (secondary N) is 1. The number of rotatable bonds is 7. The van der Waals surface area contributed by atoms with Crippen molar-refractivity contribution in [2.75, 3.05) is 43.0 Å². The molecule has 182 valence electrons. The first-order valence-corrected chi connectivity index (χ1v) is 12.4. The normalized spacial score (nSPS) is 16.1. The van der Waals surface area contributed by atoms with Crippen LogP contribution in [0.25, 0.3) is 10.8 Å². The third kappa shape index (κ3) is 5.24. The summed E-state index contributed by atoms with van der Waals surface area (Å²) in [4.78, 5) is 28.9. The van der Waals surface area contributed by atoms with Crippen LogP contribution in [-0.4, -0.2) is 49.5 Å². The van der Waals surface area contributed by atoms with Crippen molar-refractivity contribution in [2.45, 2.75) is 32.1 Å². The van der Waals surface area contributed by atoms with Crippen molar-refractivity contribution in [3.8, 4) is 5.75 Å². The Kier molecular flexibility index (Phi) is 6.84. The predicted octanol–water partition coefficient (Wildman–Crippen LogP) is 5.22. The maximum Gasteiger partial charge on any atom is 0.255 e. The molecule has 3 aromatic carbocycles. The van der Waals surface area contributed by atoms with Gasteiger partial charge in [-0.3, -0.25) is 9.59 Å². The average Bonchev–Trinajstić information content (AvgIpc) is 3.29. The molecule has 0 atom stereocenters. The molecule has 0 saturated carbocycles. The molecule has 2 heterocycles. The van der Waals surface area contributed by atoms with E-state index in [-0.39, 0.29) is 11.8 Å². The van der Waals surface area contributed by atoms with Crippen molar-refractivity contribution in [1.29, 1.82) is 0 Å². The van der Waals surface area contributed by atoms with Crippen molar-refractivity contribution < 1.29 is 18.7 Å². The number of amides is 2. The van der Waals surface area contributed by atoms with Gasteiger partial charge in [-0.25, -0.2) is 4.39 Å². The number of likely N-dealkylation sites (tertiary alicyclic amines) is 1. The number of carbonyl (C=O) groups is 2. The number of piperidine rings is 1. The van der Waals surface area contributed by atoms with Crippen molar-refractivity contribution in [2.24, 2.45) is 0 Å². The maximum absolute atomic E-state index is 14.4. The molecule has 0 radical (unpaired) electrons. The zero-order chi connectivity index (χ0) is 24.2. The lowest BCUT2D eigenvalue weighted by Gasteiger charge is -2.29. The van der Waals surface area contributed by atoms with Crippen LogP contribution in [0.2, 0.25) is 0 Å². The van der Waals surface area contributed by atoms with Gasteiger partial charge in [0.25, 0.3) is 5.91 Å². The van der Waals surface area contributed by atoms with Gasteiger partial charge in [0.05, 0.1) is 6.54 Å². The molecule has 0 bridgehead atoms. The average molecular weight is 476 g/mol. The first-order valence-electron chi connectivity index (χ1n) is 12.4. The Labute approximate surface area is 204 Å². The highest BCUT2D eigenvalue weighted by Gasteiger charge is 2.20. The highest BCUT2D eigenvalue weighted by molar-refractivity contribution is 6.10. The van der Waals surface area contributed by atoms with Gasteiger partial charge in [-0.15, -0.1) is 0 Å². The Morgan fingerprint density at radius 3 is 2.51 bits per heavy atom. The Morgan fingerprint density at radius 2 is 1.74 bits per heavy atom. The summed E-state index contributed by atoms with van der Waals surface area (Å²) in [5.74, 6) is 0.109. The van der Waals surface area contributed by atoms with Gasteiger partial charge in [0.2, 0.25) is 5.91 Å². The second kappa shape index (κ2) is 10.3. The number of carbonyl (C=O) groups excluding carboxylic acids is 2. The highest BCUT2D eigenvalue weighted by Crippen LogP contribution is 2.32. The summed E-state index contributed by atoms with van der Waals surface area (Å²) in [6.07, 6.45) is 4.85. The number of fused-ring (bicyclic) bond motifs is 1. The number of hydrogen-bond acceptors (Lipinski definition) is 4. The van der Waals surface area contributed by atoms with Gasteiger partial charge in [0.1, 0.15) is 18.2 Å². The summed E-state index contributed by atoms with van der Waals surface area (Å²) in [5.41, 5.74) is 1.68. The summed E-state index contributed by atoms with van der Waals surface area (Å²) in [5, 5.41) is 4.66. The molecule has 7 heteroatoms. The van der Waals surface area contributed by atoms with E-state index in [1.54, 1.807) is 12.1 Å². The van der Waals surface area contributed by atoms with Gasteiger partial charge < -0.3 is 19.9 Å². The van der Waals surface area contributed by atoms with Crippen LogP contribution in [0.15, 0.2) is 54.6 Å². The van der Waals surface area contributed by atoms with Crippen molar-refractivity contribution in [1.82, 2.24) is 4.90 Å². The van der Waals surface area contributed by atoms with Gasteiger partial charge in [0.15, 0.2) is 0 Å². The molecule has 35 heavy (non-hydrogen) atoms. The van der Waals surface area contributed by atoms with Crippen LogP contribution in [-0.2, 0) is 4.79 Å². The summed E-state index contributed by atoms with van der Waals surface area (Å²) in [6, 6.07) is 15.9. The van der Waals surface area contributed by atoms with E-state index in [1.807, 2.05) is 35.2 Å². The molecule has 0 aliphatic carbocycles. The lowest BCUT2D eigenvalue weighted by molar-refractivity contribution is -0.128. The molecule has 2 saturated heterocycles. The van der Waals surface area contributed by atoms with E-state index in [9.17, 15) is 14.0 Å². The molecule has 0 aromatic heterocycles. The molecule has 1 N–H and O–H groups in total. The molecule has 2 fully saturated rings. The van der Waals surface area contributed by atoms with E-state index in [1.165, 1.54) is 18.6 Å². The minimum absolute atomic E-state index is 0.178. The lowest BCUT2D eigenvalue weighted by Crippen LogP contribution is -2.29. The van der Waals surface area contributed by atoms with Crippen LogP contribution in [0.4, 0.5) is 15.8 Å². The molecule has 0 spiro atoms. The van der Waals surface area contributed by atoms with Gasteiger partial charge in [-0.1, -0.05) is 24.3 Å². The quantitative estimate of drug-likeness (QED) is 0.509. The molecule has 3 aromatic rings. The fourth-order valence-electron chi connectivity index (χ4n) is 4.95. The SMILES string of the molecule is O=C(Nc1ccc(OCCN2CCCC2=O)c2ccccc12)c1cc(F)cc(N2CCCCC2)c1. The molecule has 0 unspecified atom stereocenters. The smallest absolute Gasteiger partial charge is 0.255 e. The van der Waals surface area contributed by atoms with E-state index in [2.05, 4.69) is 10.2 Å². The van der Waals surface area contributed by atoms with E-state index in [4.69, 9.17) is 4.74 Å². The molecular weight excluding hydrogens is 445 g/mol. The Bertz CT molecular complexity index is 1240. The minimum Gasteiger partial charge on any atom is -0.491 e. The van der Waals surface area contributed by atoms with Crippen LogP contribution in [0.1, 0.15) is 42.5 Å². The zero-order valence-corrected chi connectivity index (χ0v) is 19.8. The summed E-state index contributed by atoms with van der Waals surface area (Å²) in [7, 11) is 0. The number of halogens is 1. The fourth-order valence-corrected chi connectivity index (χ4v) is 4.95. The monoisotopic (exact) mass is 475 g/mol. The first kappa shape index (κ1) is 23.1. The molecule has 6 nitrogen and oxygen atoms in total. The van der Waals surface area contributed by atoms with E-state index < -0.39 is 5.82 Å². The molecule has 2 amide bonds. The number of hydrogen-bond donors (Lipinski definition) is 1. The largest absolute Gasteiger partial charge is 0.491 e. The Hall–Kier alpha value is -3.61. The summed E-state index contributed by atoms with van der Waals surface area (Å²) in [6.45, 7) is 3.51. The third-order valence-electron chi connectivity index (χ3n) is 6.79. The van der Waals surface area contributed by atoms with E-state index >= 15 is 0 Å². The highest BCUT2D eigenvalue weighted by atomic mass is 19.1. The molecular formula is C28H30FN3O3. The van der Waals surface area contributed by atoms with Crippen molar-refractivity contribution in [3.63, 3.8) is 0 Å². The van der Waals surface area contributed by atoms with E-state index in [0.717, 1.165) is 55.4 Å². The lowest BCUT2D eigenvalue weighted by atomic mass is 10.1. The van der Waals surface area contributed by atoms with Gasteiger partial charge in [-0.2, -0.15) is 0 Å². The minimum atomic E-state index is -0.414. The zero-order valence-electron chi connectivity index (χ0n) is 19.8. The number of anilines is 2. The van der Waals surface area contributed by atoms with Crippen LogP contribution < -0.4 is 15.0 Å². The van der Waals surface area contributed by atoms with Crippen molar-refractivity contribution in [3.05, 3.63) is 66.0 Å².